The van der Waals surface area contributed by atoms with E-state index in [1.165, 1.54) is 0 Å². The van der Waals surface area contributed by atoms with Crippen molar-refractivity contribution >= 4 is 23.8 Å². The zero-order valence-electron chi connectivity index (χ0n) is 95.6. The van der Waals surface area contributed by atoms with Gasteiger partial charge in [0.25, 0.3) is 0 Å². The molecule has 0 saturated carbocycles. The topological polar surface area (TPSA) is 362 Å². The molecule has 4 aromatic rings. The molecule has 14 rings (SSSR count). The van der Waals surface area contributed by atoms with Crippen LogP contribution in [-0.4, -0.2) is 271 Å². The molecule has 0 aromatic carbocycles. The third-order valence-electron chi connectivity index (χ3n) is 29.9. The van der Waals surface area contributed by atoms with Crippen molar-refractivity contribution in [2.45, 2.75) is 577 Å². The van der Waals surface area contributed by atoms with E-state index in [1.807, 2.05) is 0 Å². The molecule has 10 N–H and O–H groups in total. The summed E-state index contributed by atoms with van der Waals surface area (Å²) in [7, 11) is 0. The summed E-state index contributed by atoms with van der Waals surface area (Å²) in [4.78, 5) is 75.4. The summed E-state index contributed by atoms with van der Waals surface area (Å²) in [5.74, 6) is 1.59. The van der Waals surface area contributed by atoms with Gasteiger partial charge in [-0.3, -0.25) is 0 Å². The summed E-state index contributed by atoms with van der Waals surface area (Å²) in [6.45, 7) is 92.0. The minimum Gasteiger partial charge on any atom is -0.460 e. The van der Waals surface area contributed by atoms with Crippen LogP contribution in [-0.2, 0) is 0 Å². The van der Waals surface area contributed by atoms with Crippen LogP contribution in [0.4, 0.5) is 23.8 Å². The lowest BCUT2D eigenvalue weighted by atomic mass is 9.79. The molecule has 0 radical (unpaired) electrons. The zero-order chi connectivity index (χ0) is 105. The smallest absolute Gasteiger partial charge is 0.324 e. The Morgan fingerprint density at radius 1 is 0.162 bits per heavy atom. The summed E-state index contributed by atoms with van der Waals surface area (Å²) in [6.07, 6.45) is 12.1. The number of aromatic nitrogens is 12. The quantitative estimate of drug-likeness (QED) is 0.0224. The Balaban J connectivity index is 0.976. The fourth-order valence-electron chi connectivity index (χ4n) is 29.2. The van der Waals surface area contributed by atoms with Gasteiger partial charge in [-0.15, -0.1) is 19.9 Å². The number of hydrogen-bond acceptors (Lipinski definition) is 34. The molecule has 10 aliphatic heterocycles. The maximum absolute atomic E-state index is 7.37. The highest BCUT2D eigenvalue weighted by molar-refractivity contribution is 5.43. The van der Waals surface area contributed by atoms with Crippen LogP contribution in [0, 0.1) is 0 Å². The molecular weight excluding hydrogens is 1790 g/mol. The predicted molar refractivity (Wildman–Crippen MR) is 567 cm³/mol. The molecule has 802 valence electrons. The largest absolute Gasteiger partial charge is 0.460 e. The molecule has 10 fully saturated rings. The normalized spacial score (nSPS) is 26.9. The molecular formula is C108H192N26O8. The van der Waals surface area contributed by atoms with Crippen LogP contribution in [0.3, 0.4) is 0 Å². The van der Waals surface area contributed by atoms with Gasteiger partial charge in [0.05, 0.1) is 0 Å². The van der Waals surface area contributed by atoms with Gasteiger partial charge in [-0.05, 0) is 303 Å². The van der Waals surface area contributed by atoms with Crippen LogP contribution < -0.4 is 111 Å². The van der Waals surface area contributed by atoms with Gasteiger partial charge >= 0.3 is 48.1 Å². The van der Waals surface area contributed by atoms with Gasteiger partial charge < -0.3 is 111 Å². The maximum Gasteiger partial charge on any atom is 0.324 e. The summed E-state index contributed by atoms with van der Waals surface area (Å²) >= 11 is 0. The summed E-state index contributed by atoms with van der Waals surface area (Å²) in [5, 5.41) is 39.3. The van der Waals surface area contributed by atoms with Crippen LogP contribution in [0.2, 0.25) is 0 Å². The Bertz CT molecular complexity index is 4320. The van der Waals surface area contributed by atoms with Gasteiger partial charge in [0, 0.05) is 265 Å². The van der Waals surface area contributed by atoms with Gasteiger partial charge in [-0.2, -0.15) is 39.9 Å². The van der Waals surface area contributed by atoms with E-state index < -0.39 is 0 Å². The lowest BCUT2D eigenvalue weighted by Crippen LogP contribution is -2.63. The summed E-state index contributed by atoms with van der Waals surface area (Å²) in [5.41, 5.74) is -5.79. The first kappa shape index (κ1) is 111. The van der Waals surface area contributed by atoms with E-state index in [1.54, 1.807) is 0 Å². The number of ether oxygens (including phenoxy) is 8. The lowest BCUT2D eigenvalue weighted by molar-refractivity contribution is 0.0400. The van der Waals surface area contributed by atoms with Gasteiger partial charge in [0.2, 0.25) is 23.8 Å². The number of hydrogen-bond donors (Lipinski definition) is 10. The molecule has 0 spiro atoms. The number of piperidine rings is 10. The Morgan fingerprint density at radius 2 is 0.275 bits per heavy atom. The van der Waals surface area contributed by atoms with Gasteiger partial charge in [0.1, 0.15) is 48.8 Å². The van der Waals surface area contributed by atoms with E-state index in [2.05, 4.69) is 350 Å². The molecule has 14 heterocycles. The molecule has 0 unspecified atom stereocenters. The average molecular weight is 1980 g/mol. The van der Waals surface area contributed by atoms with Crippen LogP contribution in [0.1, 0.15) is 405 Å². The van der Waals surface area contributed by atoms with E-state index in [-0.39, 0.29) is 246 Å². The van der Waals surface area contributed by atoms with Crippen molar-refractivity contribution in [1.29, 1.82) is 0 Å². The Morgan fingerprint density at radius 3 is 0.408 bits per heavy atom. The second-order valence-electron chi connectivity index (χ2n) is 58.4. The highest BCUT2D eigenvalue weighted by Crippen LogP contribution is 2.45. The van der Waals surface area contributed by atoms with Crippen LogP contribution >= 0.6 is 0 Å². The van der Waals surface area contributed by atoms with Gasteiger partial charge in [0.15, 0.2) is 0 Å². The van der Waals surface area contributed by atoms with Gasteiger partial charge in [-0.25, -0.2) is 0 Å². The Labute approximate surface area is 854 Å². The Kier molecular flexibility index (Phi) is 30.4. The SMILES string of the molecule is CC1(C)CC(Oc2nc(OC3CC(C)(C)NC(C)(C)C3)nc(N(CCN(CCN(c3nc(OC4CC(C)(C)NC(C)(C)C4)nc(OC4CC(C)(C)NC(C)(C)C4)n3)C3CC(C)(C)NC(C)(C)C3)c3nc(OC4CC(C)(C)NC(C)(C)C4)nc(OC4CC(C)(C)NC(C)(C)C4)n3)CCN(c3nc(OC4CC(C)(C)NC(C)(C)C4)nc(OC4CC(C)(C)NC(C)(C)C4)n3)C3CC(C)(C)NC(C)(C)C3)n2)CC(C)(C)N1. The first-order chi connectivity index (χ1) is 64.6. The third kappa shape index (κ3) is 31.4. The molecule has 10 aliphatic rings. The van der Waals surface area contributed by atoms with Crippen LogP contribution in [0.25, 0.3) is 0 Å². The third-order valence-corrected chi connectivity index (χ3v) is 29.9. The molecule has 34 heteroatoms. The summed E-state index contributed by atoms with van der Waals surface area (Å²) in [6, 6.07) is 1.22. The monoisotopic (exact) mass is 1980 g/mol. The predicted octanol–water partition coefficient (Wildman–Crippen LogP) is 15.9. The second kappa shape index (κ2) is 39.0. The van der Waals surface area contributed by atoms with E-state index in [4.69, 9.17) is 97.7 Å². The molecule has 0 bridgehead atoms. The molecule has 142 heavy (non-hydrogen) atoms. The molecule has 10 saturated heterocycles. The number of nitrogens with one attached hydrogen (secondary N) is 10. The molecule has 0 amide bonds. The van der Waals surface area contributed by atoms with Crippen molar-refractivity contribution in [2.75, 3.05) is 58.9 Å². The zero-order valence-corrected chi connectivity index (χ0v) is 95.6. The lowest BCUT2D eigenvalue weighted by Gasteiger charge is -2.50. The molecule has 0 atom stereocenters. The highest BCUT2D eigenvalue weighted by Gasteiger charge is 2.51. The van der Waals surface area contributed by atoms with E-state index >= 15 is 0 Å². The van der Waals surface area contributed by atoms with Crippen molar-refractivity contribution in [1.82, 2.24) is 113 Å². The maximum atomic E-state index is 7.37. The minimum atomic E-state index is -0.353. The molecule has 0 aliphatic carbocycles. The van der Waals surface area contributed by atoms with E-state index in [0.717, 1.165) is 77.0 Å². The second-order valence-corrected chi connectivity index (χ2v) is 58.4. The first-order valence-corrected chi connectivity index (χ1v) is 53.9. The van der Waals surface area contributed by atoms with Crippen LogP contribution in [0.5, 0.6) is 48.1 Å². The fraction of sp³-hybridized carbons (Fsp3) is 0.889. The fourth-order valence-corrected chi connectivity index (χ4v) is 29.2. The van der Waals surface area contributed by atoms with Crippen molar-refractivity contribution in [3.8, 4) is 48.1 Å². The van der Waals surface area contributed by atoms with E-state index in [9.17, 15) is 0 Å². The van der Waals surface area contributed by atoms with Gasteiger partial charge in [-0.1, -0.05) is 0 Å². The van der Waals surface area contributed by atoms with Crippen LogP contribution in [0.15, 0.2) is 0 Å². The van der Waals surface area contributed by atoms with Crippen molar-refractivity contribution in [3.05, 3.63) is 0 Å². The standard InChI is InChI=1S/C108H192N26O8/c1-89(2)47-67(48-90(3,4)121-89)133(79-113-85(139-73-59-101(25,26)127-102(27,28)60-73)119-86(114-79)140-74-61-103(29,30)128-104(31,32)62-74)45-43-131(77-109-81(135-69-51-93(9,10)123-94(11,12)52-69)117-82(110-77)136-70-53-95(13,14)124-96(15,16)54-70)41-42-132(78-111-83(137-71-55-97(17,18)125-98(19,20)56-71)118-84(112-78)138-72-57-99(21,22)126-100(23,24)58-72)44-46-134(68-49-91(5,6)122-92(7,8)50-68)80-115-87(141-75-63-105(33,34)129-106(35,36)64-75)120-88(116-80)142-76-65-107(37,38)130-108(39,40)66-76/h67-76,121-130H,41-66H2,1-40H3. The number of anilines is 4. The van der Waals surface area contributed by atoms with Crippen molar-refractivity contribution < 1.29 is 37.9 Å². The highest BCUT2D eigenvalue weighted by atomic mass is 16.5. The first-order valence-electron chi connectivity index (χ1n) is 53.9. The number of rotatable bonds is 31. The summed E-state index contributed by atoms with van der Waals surface area (Å²) < 4.78 is 58.6. The van der Waals surface area contributed by atoms with E-state index in [0.29, 0.717) is 88.2 Å². The van der Waals surface area contributed by atoms with Crippen molar-refractivity contribution in [3.63, 3.8) is 0 Å². The Hall–Kier alpha value is -6.76. The molecule has 4 aromatic heterocycles. The van der Waals surface area contributed by atoms with Crippen molar-refractivity contribution in [2.24, 2.45) is 0 Å². The average Bonchev–Trinajstić information content (AvgIpc) is 0.773. The number of nitrogens with zero attached hydrogens (tertiary/aromatic N) is 16. The molecule has 34 nitrogen and oxygen atoms in total. The minimum absolute atomic E-state index is 0.162.